The van der Waals surface area contributed by atoms with Crippen molar-refractivity contribution >= 4 is 5.82 Å². The fourth-order valence-electron chi connectivity index (χ4n) is 1.60. The SMILES string of the molecule is CCNc1cc(COc2cccc(F)c2F)ccn1. The van der Waals surface area contributed by atoms with E-state index in [1.54, 1.807) is 18.3 Å². The standard InChI is InChI=1S/C14H14F2N2O/c1-2-17-13-8-10(6-7-18-13)9-19-12-5-3-4-11(15)14(12)16/h3-8H,2,9H2,1H3,(H,17,18). The van der Waals surface area contributed by atoms with Crippen LogP contribution < -0.4 is 10.1 Å². The van der Waals surface area contributed by atoms with Gasteiger partial charge in [-0.1, -0.05) is 6.07 Å². The number of hydrogen-bond acceptors (Lipinski definition) is 3. The van der Waals surface area contributed by atoms with Gasteiger partial charge in [0.25, 0.3) is 0 Å². The van der Waals surface area contributed by atoms with E-state index >= 15 is 0 Å². The normalized spacial score (nSPS) is 10.3. The largest absolute Gasteiger partial charge is 0.486 e. The molecular formula is C14H14F2N2O. The van der Waals surface area contributed by atoms with Crippen LogP contribution in [0.4, 0.5) is 14.6 Å². The first kappa shape index (κ1) is 13.3. The van der Waals surface area contributed by atoms with Gasteiger partial charge in [0, 0.05) is 12.7 Å². The Hall–Kier alpha value is -2.17. The smallest absolute Gasteiger partial charge is 0.200 e. The number of nitrogens with one attached hydrogen (secondary N) is 1. The molecule has 1 heterocycles. The fraction of sp³-hybridized carbons (Fsp3) is 0.214. The van der Waals surface area contributed by atoms with Gasteiger partial charge in [-0.3, -0.25) is 0 Å². The summed E-state index contributed by atoms with van der Waals surface area (Å²) in [4.78, 5) is 4.12. The Morgan fingerprint density at radius 1 is 1.26 bits per heavy atom. The number of ether oxygens (including phenoxy) is 1. The van der Waals surface area contributed by atoms with E-state index in [0.717, 1.165) is 24.0 Å². The first-order valence-corrected chi connectivity index (χ1v) is 5.96. The van der Waals surface area contributed by atoms with Crippen LogP contribution in [0.15, 0.2) is 36.5 Å². The maximum atomic E-state index is 13.4. The second kappa shape index (κ2) is 6.13. The van der Waals surface area contributed by atoms with Gasteiger partial charge in [0.15, 0.2) is 11.6 Å². The van der Waals surface area contributed by atoms with Gasteiger partial charge < -0.3 is 10.1 Å². The highest BCUT2D eigenvalue weighted by atomic mass is 19.2. The molecule has 0 atom stereocenters. The first-order valence-electron chi connectivity index (χ1n) is 5.96. The lowest BCUT2D eigenvalue weighted by Gasteiger charge is -2.09. The molecule has 0 amide bonds. The number of halogens is 2. The Morgan fingerprint density at radius 2 is 2.11 bits per heavy atom. The third-order valence-electron chi connectivity index (χ3n) is 2.49. The Labute approximate surface area is 110 Å². The minimum absolute atomic E-state index is 0.0955. The average Bonchev–Trinajstić information content (AvgIpc) is 2.41. The molecule has 0 saturated carbocycles. The second-order valence-corrected chi connectivity index (χ2v) is 3.92. The van der Waals surface area contributed by atoms with Crippen LogP contribution in [-0.2, 0) is 6.61 Å². The van der Waals surface area contributed by atoms with Gasteiger partial charge in [0.1, 0.15) is 12.4 Å². The molecule has 100 valence electrons. The van der Waals surface area contributed by atoms with Gasteiger partial charge in [0.05, 0.1) is 0 Å². The molecule has 0 bridgehead atoms. The predicted octanol–water partition coefficient (Wildman–Crippen LogP) is 3.37. The molecule has 0 saturated heterocycles. The molecule has 5 heteroatoms. The number of benzene rings is 1. The molecule has 0 unspecified atom stereocenters. The zero-order chi connectivity index (χ0) is 13.7. The first-order chi connectivity index (χ1) is 9.20. The van der Waals surface area contributed by atoms with Crippen molar-refractivity contribution in [3.63, 3.8) is 0 Å². The highest BCUT2D eigenvalue weighted by Gasteiger charge is 2.08. The molecule has 0 radical (unpaired) electrons. The minimum atomic E-state index is -0.969. The second-order valence-electron chi connectivity index (χ2n) is 3.92. The van der Waals surface area contributed by atoms with Crippen LogP contribution in [0, 0.1) is 11.6 Å². The molecule has 2 rings (SSSR count). The lowest BCUT2D eigenvalue weighted by Crippen LogP contribution is -2.02. The Kier molecular flexibility index (Phi) is 4.28. The van der Waals surface area contributed by atoms with Gasteiger partial charge >= 0.3 is 0 Å². The summed E-state index contributed by atoms with van der Waals surface area (Å²) in [7, 11) is 0. The van der Waals surface area contributed by atoms with E-state index in [2.05, 4.69) is 10.3 Å². The van der Waals surface area contributed by atoms with Gasteiger partial charge in [-0.2, -0.15) is 4.39 Å². The van der Waals surface area contributed by atoms with Crippen molar-refractivity contribution in [2.24, 2.45) is 0 Å². The number of aromatic nitrogens is 1. The van der Waals surface area contributed by atoms with Gasteiger partial charge in [0.2, 0.25) is 5.82 Å². The Morgan fingerprint density at radius 3 is 2.89 bits per heavy atom. The third-order valence-corrected chi connectivity index (χ3v) is 2.49. The topological polar surface area (TPSA) is 34.1 Å². The zero-order valence-electron chi connectivity index (χ0n) is 10.5. The van der Waals surface area contributed by atoms with Crippen LogP contribution in [0.5, 0.6) is 5.75 Å². The van der Waals surface area contributed by atoms with Crippen LogP contribution in [-0.4, -0.2) is 11.5 Å². The van der Waals surface area contributed by atoms with Crippen molar-refractivity contribution in [1.29, 1.82) is 0 Å². The van der Waals surface area contributed by atoms with Crippen LogP contribution in [0.3, 0.4) is 0 Å². The Bertz CT molecular complexity index is 561. The van der Waals surface area contributed by atoms with Crippen LogP contribution >= 0.6 is 0 Å². The van der Waals surface area contributed by atoms with Crippen molar-refractivity contribution in [3.05, 3.63) is 53.7 Å². The van der Waals surface area contributed by atoms with Gasteiger partial charge in [-0.05, 0) is 36.8 Å². The van der Waals surface area contributed by atoms with E-state index in [9.17, 15) is 8.78 Å². The van der Waals surface area contributed by atoms with Gasteiger partial charge in [-0.15, -0.1) is 0 Å². The van der Waals surface area contributed by atoms with Crippen molar-refractivity contribution in [3.8, 4) is 5.75 Å². The van der Waals surface area contributed by atoms with Crippen molar-refractivity contribution < 1.29 is 13.5 Å². The highest BCUT2D eigenvalue weighted by molar-refractivity contribution is 5.37. The number of rotatable bonds is 5. The molecule has 0 aliphatic rings. The van der Waals surface area contributed by atoms with E-state index in [4.69, 9.17) is 4.74 Å². The maximum absolute atomic E-state index is 13.4. The van der Waals surface area contributed by atoms with E-state index in [1.807, 2.05) is 6.92 Å². The number of anilines is 1. The summed E-state index contributed by atoms with van der Waals surface area (Å²) < 4.78 is 31.6. The molecule has 0 aliphatic carbocycles. The lowest BCUT2D eigenvalue weighted by atomic mass is 10.2. The minimum Gasteiger partial charge on any atom is -0.486 e. The highest BCUT2D eigenvalue weighted by Crippen LogP contribution is 2.20. The third kappa shape index (κ3) is 3.40. The molecule has 19 heavy (non-hydrogen) atoms. The van der Waals surface area contributed by atoms with Crippen LogP contribution in [0.2, 0.25) is 0 Å². The summed E-state index contributed by atoms with van der Waals surface area (Å²) in [6.45, 7) is 2.88. The van der Waals surface area contributed by atoms with Gasteiger partial charge in [-0.25, -0.2) is 9.37 Å². The molecule has 1 aromatic heterocycles. The summed E-state index contributed by atoms with van der Waals surface area (Å²) in [5.74, 6) is -1.26. The van der Waals surface area contributed by atoms with E-state index in [0.29, 0.717) is 0 Å². The average molecular weight is 264 g/mol. The predicted molar refractivity (Wildman–Crippen MR) is 69.1 cm³/mol. The molecule has 2 aromatic rings. The summed E-state index contributed by atoms with van der Waals surface area (Å²) in [6, 6.07) is 7.42. The fourth-order valence-corrected chi connectivity index (χ4v) is 1.60. The molecule has 1 N–H and O–H groups in total. The summed E-state index contributed by atoms with van der Waals surface area (Å²) in [5.41, 5.74) is 0.828. The molecular weight excluding hydrogens is 250 g/mol. The van der Waals surface area contributed by atoms with Crippen molar-refractivity contribution in [2.75, 3.05) is 11.9 Å². The van der Waals surface area contributed by atoms with Crippen molar-refractivity contribution in [2.45, 2.75) is 13.5 Å². The summed E-state index contributed by atoms with van der Waals surface area (Å²) >= 11 is 0. The molecule has 1 aromatic carbocycles. The lowest BCUT2D eigenvalue weighted by molar-refractivity contribution is 0.284. The molecule has 0 fully saturated rings. The molecule has 3 nitrogen and oxygen atoms in total. The summed E-state index contributed by atoms with van der Waals surface area (Å²) in [5, 5.41) is 3.07. The van der Waals surface area contributed by atoms with Crippen LogP contribution in [0.1, 0.15) is 12.5 Å². The quantitative estimate of drug-likeness (QED) is 0.899. The Balaban J connectivity index is 2.06. The maximum Gasteiger partial charge on any atom is 0.200 e. The molecule has 0 aliphatic heterocycles. The van der Waals surface area contributed by atoms with Crippen molar-refractivity contribution in [1.82, 2.24) is 4.98 Å². The number of pyridine rings is 1. The van der Waals surface area contributed by atoms with E-state index in [-0.39, 0.29) is 12.4 Å². The number of hydrogen-bond donors (Lipinski definition) is 1. The van der Waals surface area contributed by atoms with E-state index < -0.39 is 11.6 Å². The summed E-state index contributed by atoms with van der Waals surface area (Å²) in [6.07, 6.45) is 1.64. The monoisotopic (exact) mass is 264 g/mol. The molecule has 0 spiro atoms. The van der Waals surface area contributed by atoms with E-state index in [1.165, 1.54) is 12.1 Å². The van der Waals surface area contributed by atoms with Crippen LogP contribution in [0.25, 0.3) is 0 Å². The number of nitrogens with zero attached hydrogens (tertiary/aromatic N) is 1. The zero-order valence-corrected chi connectivity index (χ0v) is 10.5.